The molecule has 0 aliphatic rings. The standard InChI is InChI=1S/C12H15NO3S/c1-2-13(5-7-15)12(16)10-8-11(17-9-10)4-3-6-14/h8-9,14-15H,2,5-7H2,1H3. The molecule has 17 heavy (non-hydrogen) atoms. The molecule has 0 atom stereocenters. The van der Waals surface area contributed by atoms with Crippen LogP contribution in [0.2, 0.25) is 0 Å². The first-order valence-corrected chi connectivity index (χ1v) is 6.19. The van der Waals surface area contributed by atoms with E-state index in [-0.39, 0.29) is 19.1 Å². The van der Waals surface area contributed by atoms with Crippen LogP contribution in [0.15, 0.2) is 11.4 Å². The van der Waals surface area contributed by atoms with Crippen molar-refractivity contribution >= 4 is 17.2 Å². The highest BCUT2D eigenvalue weighted by molar-refractivity contribution is 7.10. The summed E-state index contributed by atoms with van der Waals surface area (Å²) >= 11 is 1.37. The van der Waals surface area contributed by atoms with Gasteiger partial charge < -0.3 is 15.1 Å². The fourth-order valence-corrected chi connectivity index (χ4v) is 2.10. The van der Waals surface area contributed by atoms with Crippen LogP contribution in [0.25, 0.3) is 0 Å². The van der Waals surface area contributed by atoms with Gasteiger partial charge in [0, 0.05) is 18.5 Å². The molecule has 0 unspecified atom stereocenters. The number of amides is 1. The van der Waals surface area contributed by atoms with E-state index >= 15 is 0 Å². The van der Waals surface area contributed by atoms with E-state index < -0.39 is 0 Å². The number of nitrogens with zero attached hydrogens (tertiary/aromatic N) is 1. The van der Waals surface area contributed by atoms with Crippen LogP contribution in [0, 0.1) is 11.8 Å². The van der Waals surface area contributed by atoms with Gasteiger partial charge >= 0.3 is 0 Å². The van der Waals surface area contributed by atoms with Crippen molar-refractivity contribution in [1.29, 1.82) is 0 Å². The van der Waals surface area contributed by atoms with Crippen molar-refractivity contribution in [1.82, 2.24) is 4.90 Å². The third-order valence-electron chi connectivity index (χ3n) is 2.18. The molecule has 0 aliphatic heterocycles. The Labute approximate surface area is 105 Å². The Balaban J connectivity index is 2.78. The van der Waals surface area contributed by atoms with E-state index in [1.165, 1.54) is 11.3 Å². The first-order valence-electron chi connectivity index (χ1n) is 5.31. The van der Waals surface area contributed by atoms with Crippen molar-refractivity contribution in [2.45, 2.75) is 6.92 Å². The second-order valence-electron chi connectivity index (χ2n) is 3.27. The highest BCUT2D eigenvalue weighted by atomic mass is 32.1. The van der Waals surface area contributed by atoms with Crippen LogP contribution in [-0.4, -0.2) is 47.3 Å². The first-order chi connectivity index (χ1) is 8.22. The Hall–Kier alpha value is -1.35. The van der Waals surface area contributed by atoms with E-state index in [1.807, 2.05) is 6.92 Å². The van der Waals surface area contributed by atoms with E-state index in [0.717, 1.165) is 4.88 Å². The molecule has 1 aromatic heterocycles. The predicted molar refractivity (Wildman–Crippen MR) is 66.9 cm³/mol. The molecule has 1 aromatic rings. The lowest BCUT2D eigenvalue weighted by molar-refractivity contribution is 0.0732. The highest BCUT2D eigenvalue weighted by Gasteiger charge is 2.14. The molecule has 0 fully saturated rings. The highest BCUT2D eigenvalue weighted by Crippen LogP contribution is 2.15. The molecular weight excluding hydrogens is 238 g/mol. The summed E-state index contributed by atoms with van der Waals surface area (Å²) in [6, 6.07) is 1.70. The molecule has 4 nitrogen and oxygen atoms in total. The van der Waals surface area contributed by atoms with Crippen molar-refractivity contribution in [2.75, 3.05) is 26.3 Å². The molecule has 0 spiro atoms. The van der Waals surface area contributed by atoms with E-state index in [2.05, 4.69) is 11.8 Å². The maximum Gasteiger partial charge on any atom is 0.254 e. The number of carbonyl (C=O) groups is 1. The summed E-state index contributed by atoms with van der Waals surface area (Å²) in [4.78, 5) is 14.3. The van der Waals surface area contributed by atoms with Gasteiger partial charge in [-0.3, -0.25) is 4.79 Å². The summed E-state index contributed by atoms with van der Waals surface area (Å²) in [5.41, 5.74) is 0.576. The second-order valence-corrected chi connectivity index (χ2v) is 4.18. The number of thiophene rings is 1. The lowest BCUT2D eigenvalue weighted by Crippen LogP contribution is -2.33. The lowest BCUT2D eigenvalue weighted by atomic mass is 10.2. The number of aliphatic hydroxyl groups is 2. The minimum atomic E-state index is -0.188. The van der Waals surface area contributed by atoms with Gasteiger partial charge in [0.1, 0.15) is 6.61 Å². The minimum Gasteiger partial charge on any atom is -0.395 e. The molecule has 1 rings (SSSR count). The molecule has 0 saturated carbocycles. The SMILES string of the molecule is CCN(CCO)C(=O)c1csc(C#CCO)c1. The van der Waals surface area contributed by atoms with Crippen molar-refractivity contribution in [3.8, 4) is 11.8 Å². The van der Waals surface area contributed by atoms with Gasteiger partial charge in [-0.2, -0.15) is 0 Å². The topological polar surface area (TPSA) is 60.8 Å². The van der Waals surface area contributed by atoms with E-state index in [0.29, 0.717) is 18.7 Å². The average molecular weight is 253 g/mol. The van der Waals surface area contributed by atoms with Crippen LogP contribution in [0.1, 0.15) is 22.2 Å². The zero-order valence-electron chi connectivity index (χ0n) is 9.64. The van der Waals surface area contributed by atoms with Crippen molar-refractivity contribution in [3.63, 3.8) is 0 Å². The van der Waals surface area contributed by atoms with Crippen LogP contribution in [0.5, 0.6) is 0 Å². The molecule has 0 saturated heterocycles. The van der Waals surface area contributed by atoms with Crippen molar-refractivity contribution < 1.29 is 15.0 Å². The minimum absolute atomic E-state index is 0.0408. The Morgan fingerprint density at radius 1 is 1.53 bits per heavy atom. The van der Waals surface area contributed by atoms with Crippen molar-refractivity contribution in [2.24, 2.45) is 0 Å². The van der Waals surface area contributed by atoms with Gasteiger partial charge in [-0.15, -0.1) is 11.3 Å². The number of carbonyl (C=O) groups excluding carboxylic acids is 1. The van der Waals surface area contributed by atoms with Gasteiger partial charge in [0.05, 0.1) is 17.0 Å². The number of rotatable bonds is 4. The fourth-order valence-electron chi connectivity index (χ4n) is 1.35. The molecule has 0 bridgehead atoms. The van der Waals surface area contributed by atoms with Crippen LogP contribution in [0.4, 0.5) is 0 Å². The van der Waals surface area contributed by atoms with E-state index in [4.69, 9.17) is 10.2 Å². The van der Waals surface area contributed by atoms with Crippen molar-refractivity contribution in [3.05, 3.63) is 21.9 Å². The molecule has 5 heteroatoms. The zero-order chi connectivity index (χ0) is 12.7. The average Bonchev–Trinajstić information content (AvgIpc) is 2.81. The third kappa shape index (κ3) is 3.86. The Kier molecular flexibility index (Phi) is 5.70. The molecule has 2 N–H and O–H groups in total. The molecular formula is C12H15NO3S. The molecule has 1 amide bonds. The summed E-state index contributed by atoms with van der Waals surface area (Å²) in [6.07, 6.45) is 0. The van der Waals surface area contributed by atoms with Gasteiger partial charge in [-0.05, 0) is 13.0 Å². The Morgan fingerprint density at radius 3 is 2.88 bits per heavy atom. The van der Waals surface area contributed by atoms with Gasteiger partial charge in [0.25, 0.3) is 5.91 Å². The normalized spacial score (nSPS) is 9.59. The summed E-state index contributed by atoms with van der Waals surface area (Å²) in [7, 11) is 0. The number of likely N-dealkylation sites (N-methyl/N-ethyl adjacent to an activating group) is 1. The second kappa shape index (κ2) is 7.07. The van der Waals surface area contributed by atoms with Gasteiger partial charge in [0.2, 0.25) is 0 Å². The van der Waals surface area contributed by atoms with Gasteiger partial charge in [-0.1, -0.05) is 11.8 Å². The number of hydrogen-bond acceptors (Lipinski definition) is 4. The largest absolute Gasteiger partial charge is 0.395 e. The molecule has 0 aliphatic carbocycles. The molecule has 0 aromatic carbocycles. The third-order valence-corrected chi connectivity index (χ3v) is 3.02. The number of aliphatic hydroxyl groups excluding tert-OH is 2. The summed E-state index contributed by atoms with van der Waals surface area (Å²) in [5.74, 6) is 5.19. The monoisotopic (exact) mass is 253 g/mol. The fraction of sp³-hybridized carbons (Fsp3) is 0.417. The summed E-state index contributed by atoms with van der Waals surface area (Å²) < 4.78 is 0. The van der Waals surface area contributed by atoms with E-state index in [9.17, 15) is 4.79 Å². The molecule has 0 radical (unpaired) electrons. The molecule has 92 valence electrons. The Bertz CT molecular complexity index is 430. The van der Waals surface area contributed by atoms with Gasteiger partial charge in [0.15, 0.2) is 0 Å². The molecule has 1 heterocycles. The van der Waals surface area contributed by atoms with Crippen LogP contribution in [0.3, 0.4) is 0 Å². The van der Waals surface area contributed by atoms with Gasteiger partial charge in [-0.25, -0.2) is 0 Å². The maximum absolute atomic E-state index is 12.0. The predicted octanol–water partition coefficient (Wildman–Crippen LogP) is 0.546. The van der Waals surface area contributed by atoms with E-state index in [1.54, 1.807) is 16.3 Å². The smallest absolute Gasteiger partial charge is 0.254 e. The van der Waals surface area contributed by atoms with Crippen LogP contribution < -0.4 is 0 Å². The zero-order valence-corrected chi connectivity index (χ0v) is 10.5. The quantitative estimate of drug-likeness (QED) is 0.770. The number of hydrogen-bond donors (Lipinski definition) is 2. The lowest BCUT2D eigenvalue weighted by Gasteiger charge is -2.18. The van der Waals surface area contributed by atoms with Crippen LogP contribution >= 0.6 is 11.3 Å². The Morgan fingerprint density at radius 2 is 2.29 bits per heavy atom. The maximum atomic E-state index is 12.0. The summed E-state index contributed by atoms with van der Waals surface area (Å²) in [6.45, 7) is 2.54. The summed E-state index contributed by atoms with van der Waals surface area (Å²) in [5, 5.41) is 19.2. The first kappa shape index (κ1) is 13.7. The van der Waals surface area contributed by atoms with Crippen LogP contribution in [-0.2, 0) is 0 Å².